The van der Waals surface area contributed by atoms with Crippen LogP contribution in [-0.4, -0.2) is 65.8 Å². The fourth-order valence-electron chi connectivity index (χ4n) is 3.43. The lowest BCUT2D eigenvalue weighted by molar-refractivity contribution is -0.158. The smallest absolute Gasteiger partial charge is 0.429 e. The highest BCUT2D eigenvalue weighted by Crippen LogP contribution is 2.41. The lowest BCUT2D eigenvalue weighted by Gasteiger charge is -2.43. The molecule has 2 aromatic rings. The van der Waals surface area contributed by atoms with Gasteiger partial charge in [-0.3, -0.25) is 14.7 Å². The van der Waals surface area contributed by atoms with Gasteiger partial charge in [-0.2, -0.15) is 0 Å². The van der Waals surface area contributed by atoms with E-state index in [-0.39, 0.29) is 32.2 Å². The second-order valence-electron chi connectivity index (χ2n) is 7.16. The molecule has 180 valence electrons. The van der Waals surface area contributed by atoms with Crippen molar-refractivity contribution >= 4 is 88.6 Å². The number of halogens is 2. The number of rotatable bonds is 7. The molecule has 2 unspecified atom stereocenters. The van der Waals surface area contributed by atoms with E-state index in [1.807, 2.05) is 5.09 Å². The molecule has 0 aliphatic carbocycles. The summed E-state index contributed by atoms with van der Waals surface area (Å²) in [7, 11) is -4.63. The maximum Gasteiger partial charge on any atom is 0.429 e. The first-order chi connectivity index (χ1) is 16.0. The number of anilines is 1. The minimum atomic E-state index is -4.63. The number of nitrogens with one attached hydrogen (secondary N) is 2. The third kappa shape index (κ3) is 4.96. The van der Waals surface area contributed by atoms with E-state index in [0.717, 1.165) is 11.3 Å². The van der Waals surface area contributed by atoms with Gasteiger partial charge < -0.3 is 25.1 Å². The van der Waals surface area contributed by atoms with E-state index in [1.54, 1.807) is 18.2 Å². The topological polar surface area (TPSA) is 169 Å². The number of carboxylic acid groups (broad SMARTS) is 1. The van der Waals surface area contributed by atoms with E-state index >= 15 is 0 Å². The molecule has 0 spiro atoms. The molecule has 3 atom stereocenters. The number of nitrogens with zero attached hydrogens (tertiary/aromatic N) is 2. The van der Waals surface area contributed by atoms with Crippen LogP contribution in [0.2, 0.25) is 10.0 Å². The second kappa shape index (κ2) is 9.50. The molecule has 1 aromatic heterocycles. The van der Waals surface area contributed by atoms with Crippen LogP contribution in [0.4, 0.5) is 5.13 Å². The van der Waals surface area contributed by atoms with Gasteiger partial charge in [0.1, 0.15) is 17.5 Å². The van der Waals surface area contributed by atoms with Gasteiger partial charge in [0.05, 0.1) is 11.3 Å². The van der Waals surface area contributed by atoms with Gasteiger partial charge in [0.25, 0.3) is 5.91 Å². The normalized spacial score (nSPS) is 22.2. The molecule has 1 aromatic carbocycles. The fourth-order valence-corrected chi connectivity index (χ4v) is 6.83. The number of aromatic nitrogens is 1. The molecule has 2 saturated heterocycles. The van der Waals surface area contributed by atoms with Crippen molar-refractivity contribution in [2.75, 3.05) is 10.8 Å². The third-order valence-electron chi connectivity index (χ3n) is 4.97. The zero-order chi connectivity index (χ0) is 24.8. The zero-order valence-electron chi connectivity index (χ0n) is 16.7. The lowest BCUT2D eigenvalue weighted by Crippen LogP contribution is -2.70. The summed E-state index contributed by atoms with van der Waals surface area (Å²) in [5.74, 6) is -2.15. The Bertz CT molecular complexity index is 1250. The third-order valence-corrected chi connectivity index (χ3v) is 8.39. The first kappa shape index (κ1) is 25.0. The minimum Gasteiger partial charge on any atom is -0.480 e. The summed E-state index contributed by atoms with van der Waals surface area (Å²) >= 11 is 14.6. The Kier molecular flexibility index (Phi) is 6.98. The summed E-state index contributed by atoms with van der Waals surface area (Å²) in [4.78, 5) is 60.7. The van der Waals surface area contributed by atoms with Crippen LogP contribution in [0, 0.1) is 0 Å². The highest BCUT2D eigenvalue weighted by Gasteiger charge is 2.57. The maximum atomic E-state index is 13.2. The number of thioether (sulfide) groups is 1. The SMILES string of the molecule is O=C(NC1C(=O)N2C(C(=O)O)CS[C@H]12)C(=Cc1c(Cl)cccc1Cl)c1csc(NP(=O)(O)O)n1. The van der Waals surface area contributed by atoms with Gasteiger partial charge in [-0.25, -0.2) is 14.3 Å². The summed E-state index contributed by atoms with van der Waals surface area (Å²) in [6.07, 6.45) is 1.36. The van der Waals surface area contributed by atoms with E-state index in [9.17, 15) is 24.1 Å². The average Bonchev–Trinajstić information content (AvgIpc) is 3.35. The number of fused-ring (bicyclic) bond motifs is 1. The van der Waals surface area contributed by atoms with Gasteiger partial charge in [-0.15, -0.1) is 23.1 Å². The molecular weight excluding hydrogens is 550 g/mol. The number of β-lactam (4-membered cyclic amide) rings is 1. The summed E-state index contributed by atoms with van der Waals surface area (Å²) in [6.45, 7) is 0. The number of carboxylic acids is 1. The average molecular weight is 565 g/mol. The second-order valence-corrected chi connectivity index (χ2v) is 11.3. The first-order valence-corrected chi connectivity index (χ1v) is 13.7. The first-order valence-electron chi connectivity index (χ1n) is 9.39. The van der Waals surface area contributed by atoms with Crippen molar-refractivity contribution in [3.8, 4) is 0 Å². The highest BCUT2D eigenvalue weighted by atomic mass is 35.5. The molecule has 0 radical (unpaired) electrons. The number of carbonyl (C=O) groups excluding carboxylic acids is 2. The Labute approximate surface area is 210 Å². The van der Waals surface area contributed by atoms with Crippen LogP contribution in [0.15, 0.2) is 23.6 Å². The van der Waals surface area contributed by atoms with Crippen molar-refractivity contribution < 1.29 is 33.8 Å². The quantitative estimate of drug-likeness (QED) is 0.191. The van der Waals surface area contributed by atoms with Crippen LogP contribution in [0.25, 0.3) is 11.6 Å². The Balaban J connectivity index is 1.65. The van der Waals surface area contributed by atoms with Gasteiger partial charge in [0.15, 0.2) is 5.13 Å². The summed E-state index contributed by atoms with van der Waals surface area (Å²) in [5, 5.41) is 15.0. The van der Waals surface area contributed by atoms with Crippen molar-refractivity contribution in [3.05, 3.63) is 44.9 Å². The molecular formula is C18H15Cl2N4O7PS2. The van der Waals surface area contributed by atoms with E-state index in [0.29, 0.717) is 5.56 Å². The Morgan fingerprint density at radius 3 is 2.56 bits per heavy atom. The van der Waals surface area contributed by atoms with E-state index < -0.39 is 43.0 Å². The van der Waals surface area contributed by atoms with Crippen LogP contribution in [-0.2, 0) is 18.9 Å². The number of carbonyl (C=O) groups is 3. The number of hydrogen-bond acceptors (Lipinski definition) is 7. The molecule has 0 saturated carbocycles. The standard InChI is InChI=1S/C18H15Cl2N4O7PS2/c19-9-2-1-3-10(20)7(9)4-8(11-5-34-18(21-11)23-32(29,30)31)14(25)22-13-15(26)24-12(17(27)28)6-33-16(13)24/h1-5,12-13,16H,6H2,(H,22,25)(H,27,28)(H3,21,23,29,30,31)/t12?,13?,16-/m1/s1. The predicted molar refractivity (Wildman–Crippen MR) is 129 cm³/mol. The summed E-state index contributed by atoms with van der Waals surface area (Å²) < 4.78 is 11.2. The Morgan fingerprint density at radius 2 is 1.94 bits per heavy atom. The van der Waals surface area contributed by atoms with Crippen molar-refractivity contribution in [1.82, 2.24) is 15.2 Å². The molecule has 2 aliphatic rings. The predicted octanol–water partition coefficient (Wildman–Crippen LogP) is 2.35. The van der Waals surface area contributed by atoms with Crippen molar-refractivity contribution in [3.63, 3.8) is 0 Å². The van der Waals surface area contributed by atoms with Gasteiger partial charge in [-0.05, 0) is 18.2 Å². The molecule has 3 heterocycles. The fraction of sp³-hybridized carbons (Fsp3) is 0.222. The number of aliphatic carboxylic acids is 1. The molecule has 2 aliphatic heterocycles. The molecule has 0 bridgehead atoms. The molecule has 16 heteroatoms. The Morgan fingerprint density at radius 1 is 1.26 bits per heavy atom. The van der Waals surface area contributed by atoms with Crippen molar-refractivity contribution in [2.24, 2.45) is 0 Å². The van der Waals surface area contributed by atoms with Crippen LogP contribution < -0.4 is 10.4 Å². The molecule has 2 fully saturated rings. The monoisotopic (exact) mass is 564 g/mol. The highest BCUT2D eigenvalue weighted by molar-refractivity contribution is 8.00. The molecule has 5 N–H and O–H groups in total. The summed E-state index contributed by atoms with van der Waals surface area (Å²) in [5.41, 5.74) is 0.297. The minimum absolute atomic E-state index is 0.0561. The Hall–Kier alpha value is -2.12. The molecule has 34 heavy (non-hydrogen) atoms. The zero-order valence-corrected chi connectivity index (χ0v) is 20.8. The maximum absolute atomic E-state index is 13.2. The van der Waals surface area contributed by atoms with Crippen LogP contribution in [0.5, 0.6) is 0 Å². The number of thiazole rings is 1. The van der Waals surface area contributed by atoms with E-state index in [2.05, 4.69) is 10.3 Å². The molecule has 11 nitrogen and oxygen atoms in total. The van der Waals surface area contributed by atoms with E-state index in [1.165, 1.54) is 28.1 Å². The van der Waals surface area contributed by atoms with Crippen molar-refractivity contribution in [1.29, 1.82) is 0 Å². The number of benzene rings is 1. The number of hydrogen-bond donors (Lipinski definition) is 5. The van der Waals surface area contributed by atoms with Crippen LogP contribution in [0.1, 0.15) is 11.3 Å². The van der Waals surface area contributed by atoms with Gasteiger partial charge in [-0.1, -0.05) is 29.3 Å². The van der Waals surface area contributed by atoms with Crippen LogP contribution >= 0.6 is 54.0 Å². The number of amides is 2. The molecule has 4 rings (SSSR count). The largest absolute Gasteiger partial charge is 0.480 e. The van der Waals surface area contributed by atoms with E-state index in [4.69, 9.17) is 33.0 Å². The lowest BCUT2D eigenvalue weighted by atomic mass is 10.0. The van der Waals surface area contributed by atoms with Gasteiger partial charge in [0.2, 0.25) is 5.91 Å². The van der Waals surface area contributed by atoms with Gasteiger partial charge >= 0.3 is 13.7 Å². The van der Waals surface area contributed by atoms with Crippen LogP contribution in [0.3, 0.4) is 0 Å². The molecule has 2 amide bonds. The summed E-state index contributed by atoms with van der Waals surface area (Å²) in [6, 6.07) is 2.84. The van der Waals surface area contributed by atoms with Gasteiger partial charge in [0, 0.05) is 26.7 Å². The van der Waals surface area contributed by atoms with Crippen molar-refractivity contribution in [2.45, 2.75) is 17.5 Å².